The Labute approximate surface area is 103 Å². The molecule has 0 aliphatic heterocycles. The van der Waals surface area contributed by atoms with E-state index in [1.165, 1.54) is 22.9 Å². The maximum Gasteiger partial charge on any atom is 0.0277 e. The van der Waals surface area contributed by atoms with E-state index in [1.54, 1.807) is 19.3 Å². The quantitative estimate of drug-likeness (QED) is 0.760. The summed E-state index contributed by atoms with van der Waals surface area (Å²) in [5.41, 5.74) is 4.87. The second kappa shape index (κ2) is 6.59. The number of aliphatic imine (C=N–C) groups is 1. The van der Waals surface area contributed by atoms with Crippen molar-refractivity contribution in [1.29, 1.82) is 5.41 Å². The summed E-state index contributed by atoms with van der Waals surface area (Å²) in [5.74, 6) is 0. The van der Waals surface area contributed by atoms with Crippen molar-refractivity contribution in [2.24, 2.45) is 4.99 Å². The summed E-state index contributed by atoms with van der Waals surface area (Å²) in [6.45, 7) is 4.21. The van der Waals surface area contributed by atoms with E-state index in [0.717, 1.165) is 5.56 Å². The van der Waals surface area contributed by atoms with E-state index in [9.17, 15) is 0 Å². The fourth-order valence-corrected chi connectivity index (χ4v) is 1.61. The van der Waals surface area contributed by atoms with E-state index >= 15 is 0 Å². The molecule has 0 spiro atoms. The average Bonchev–Trinajstić information content (AvgIpc) is 2.34. The summed E-state index contributed by atoms with van der Waals surface area (Å²) in [4.78, 5) is 3.91. The van der Waals surface area contributed by atoms with Crippen LogP contribution in [0.4, 0.5) is 0 Å². The van der Waals surface area contributed by atoms with Crippen LogP contribution in [0.3, 0.4) is 0 Å². The minimum absolute atomic E-state index is 1.16. The first kappa shape index (κ1) is 13.1. The molecule has 0 fully saturated rings. The first-order valence-corrected chi connectivity index (χ1v) is 5.57. The summed E-state index contributed by atoms with van der Waals surface area (Å²) < 4.78 is 0. The van der Waals surface area contributed by atoms with Crippen molar-refractivity contribution >= 4 is 24.6 Å². The van der Waals surface area contributed by atoms with Crippen LogP contribution < -0.4 is 0 Å². The molecule has 0 aromatic heterocycles. The fraction of sp³-hybridized carbons (Fsp3) is 0.200. The number of allylic oxidation sites excluding steroid dienone is 2. The molecule has 88 valence electrons. The SMILES string of the molecule is C/N=C/C=C\c1ccc(/C=C\C=N)c(C)c1C. The number of nitrogens with one attached hydrogen (secondary N) is 1. The van der Waals surface area contributed by atoms with Crippen LogP contribution in [0.2, 0.25) is 0 Å². The fourth-order valence-electron chi connectivity index (χ4n) is 1.61. The number of hydrogen-bond acceptors (Lipinski definition) is 2. The van der Waals surface area contributed by atoms with Crippen LogP contribution in [0.25, 0.3) is 12.2 Å². The van der Waals surface area contributed by atoms with Gasteiger partial charge in [0.15, 0.2) is 0 Å². The van der Waals surface area contributed by atoms with Crippen molar-refractivity contribution in [2.45, 2.75) is 13.8 Å². The first-order valence-electron chi connectivity index (χ1n) is 5.57. The molecule has 2 heteroatoms. The highest BCUT2D eigenvalue weighted by Gasteiger charge is 2.01. The molecule has 2 nitrogen and oxygen atoms in total. The molecule has 0 amide bonds. The maximum absolute atomic E-state index is 6.99. The smallest absolute Gasteiger partial charge is 0.0277 e. The third kappa shape index (κ3) is 3.52. The molecule has 1 N–H and O–H groups in total. The zero-order valence-electron chi connectivity index (χ0n) is 10.6. The van der Waals surface area contributed by atoms with Gasteiger partial charge in [0.05, 0.1) is 0 Å². The van der Waals surface area contributed by atoms with Gasteiger partial charge in [0.25, 0.3) is 0 Å². The molecule has 0 saturated carbocycles. The monoisotopic (exact) mass is 226 g/mol. The first-order chi connectivity index (χ1) is 8.20. The molecule has 0 unspecified atom stereocenters. The predicted molar refractivity (Wildman–Crippen MR) is 77.2 cm³/mol. The zero-order valence-corrected chi connectivity index (χ0v) is 10.6. The van der Waals surface area contributed by atoms with E-state index in [1.807, 2.05) is 12.2 Å². The molecule has 0 heterocycles. The Morgan fingerprint density at radius 2 is 1.53 bits per heavy atom. The third-order valence-corrected chi connectivity index (χ3v) is 2.75. The molecule has 17 heavy (non-hydrogen) atoms. The van der Waals surface area contributed by atoms with Gasteiger partial charge in [-0.1, -0.05) is 24.3 Å². The highest BCUT2D eigenvalue weighted by molar-refractivity contribution is 5.80. The molecule has 1 rings (SSSR count). The number of hydrogen-bond donors (Lipinski definition) is 1. The Bertz CT molecular complexity index is 480. The molecule has 0 aliphatic carbocycles. The Morgan fingerprint density at radius 3 is 2.00 bits per heavy atom. The van der Waals surface area contributed by atoms with Crippen molar-refractivity contribution in [3.05, 3.63) is 46.5 Å². The van der Waals surface area contributed by atoms with Crippen LogP contribution in [0.15, 0.2) is 29.3 Å². The van der Waals surface area contributed by atoms with Crippen molar-refractivity contribution in [3.63, 3.8) is 0 Å². The van der Waals surface area contributed by atoms with Crippen LogP contribution in [0, 0.1) is 19.3 Å². The minimum atomic E-state index is 1.16. The summed E-state index contributed by atoms with van der Waals surface area (Å²) in [6.07, 6.45) is 10.8. The van der Waals surface area contributed by atoms with Crippen molar-refractivity contribution < 1.29 is 0 Å². The number of benzene rings is 1. The molecule has 0 aliphatic rings. The Kier molecular flexibility index (Phi) is 5.08. The van der Waals surface area contributed by atoms with Gasteiger partial charge >= 0.3 is 0 Å². The topological polar surface area (TPSA) is 36.2 Å². The Morgan fingerprint density at radius 1 is 1.00 bits per heavy atom. The normalized spacial score (nSPS) is 11.9. The van der Waals surface area contributed by atoms with Crippen LogP contribution in [-0.4, -0.2) is 19.5 Å². The highest BCUT2D eigenvalue weighted by atomic mass is 14.6. The third-order valence-electron chi connectivity index (χ3n) is 2.75. The molecule has 0 atom stereocenters. The lowest BCUT2D eigenvalue weighted by Crippen LogP contribution is -1.90. The molecule has 1 aromatic rings. The second-order valence-corrected chi connectivity index (χ2v) is 3.79. The van der Waals surface area contributed by atoms with E-state index < -0.39 is 0 Å². The van der Waals surface area contributed by atoms with Gasteiger partial charge in [-0.3, -0.25) is 4.99 Å². The van der Waals surface area contributed by atoms with Gasteiger partial charge in [-0.15, -0.1) is 0 Å². The zero-order chi connectivity index (χ0) is 12.7. The lowest BCUT2D eigenvalue weighted by molar-refractivity contribution is 1.31. The molecule has 0 radical (unpaired) electrons. The second-order valence-electron chi connectivity index (χ2n) is 3.79. The van der Waals surface area contributed by atoms with E-state index in [2.05, 4.69) is 37.0 Å². The maximum atomic E-state index is 6.99. The number of nitrogens with zero attached hydrogens (tertiary/aromatic N) is 1. The lowest BCUT2D eigenvalue weighted by atomic mass is 9.97. The number of rotatable bonds is 4. The largest absolute Gasteiger partial charge is 0.309 e. The summed E-state index contributed by atoms with van der Waals surface area (Å²) >= 11 is 0. The average molecular weight is 226 g/mol. The lowest BCUT2D eigenvalue weighted by Gasteiger charge is -2.08. The summed E-state index contributed by atoms with van der Waals surface area (Å²) in [5, 5.41) is 6.99. The van der Waals surface area contributed by atoms with Crippen molar-refractivity contribution in [2.75, 3.05) is 7.05 Å². The van der Waals surface area contributed by atoms with Gasteiger partial charge < -0.3 is 5.41 Å². The van der Waals surface area contributed by atoms with E-state index in [4.69, 9.17) is 5.41 Å². The van der Waals surface area contributed by atoms with Crippen LogP contribution >= 0.6 is 0 Å². The minimum Gasteiger partial charge on any atom is -0.309 e. The van der Waals surface area contributed by atoms with E-state index in [0.29, 0.717) is 0 Å². The Balaban J connectivity index is 3.10. The van der Waals surface area contributed by atoms with Gasteiger partial charge in [-0.05, 0) is 48.3 Å². The standard InChI is InChI=1S/C15H18N2/c1-12-13(2)15(7-5-11-17-3)9-8-14(12)6-4-10-16/h4-11,16H,1-3H3/b6-4-,7-5-,16-10?,17-11+. The van der Waals surface area contributed by atoms with Gasteiger partial charge in [0.2, 0.25) is 0 Å². The Hall–Kier alpha value is -1.96. The summed E-state index contributed by atoms with van der Waals surface area (Å²) in [6, 6.07) is 4.16. The summed E-state index contributed by atoms with van der Waals surface area (Å²) in [7, 11) is 1.76. The molecule has 1 aromatic carbocycles. The van der Waals surface area contributed by atoms with Gasteiger partial charge in [-0.25, -0.2) is 0 Å². The van der Waals surface area contributed by atoms with Gasteiger partial charge in [0.1, 0.15) is 0 Å². The van der Waals surface area contributed by atoms with Crippen LogP contribution in [0.1, 0.15) is 22.3 Å². The van der Waals surface area contributed by atoms with Crippen LogP contribution in [0.5, 0.6) is 0 Å². The molecule has 0 bridgehead atoms. The van der Waals surface area contributed by atoms with Crippen LogP contribution in [-0.2, 0) is 0 Å². The molecular weight excluding hydrogens is 208 g/mol. The van der Waals surface area contributed by atoms with Crippen molar-refractivity contribution in [3.8, 4) is 0 Å². The van der Waals surface area contributed by atoms with Gasteiger partial charge in [0, 0.05) is 19.5 Å². The van der Waals surface area contributed by atoms with Crippen molar-refractivity contribution in [1.82, 2.24) is 0 Å². The van der Waals surface area contributed by atoms with E-state index in [-0.39, 0.29) is 0 Å². The predicted octanol–water partition coefficient (Wildman–Crippen LogP) is 3.68. The molecule has 0 saturated heterocycles. The molecular formula is C15H18N2. The van der Waals surface area contributed by atoms with Gasteiger partial charge in [-0.2, -0.15) is 0 Å². The highest BCUT2D eigenvalue weighted by Crippen LogP contribution is 2.20.